The molecule has 1 aliphatic rings. The number of piperazine rings is 1. The molecule has 32 heavy (non-hydrogen) atoms. The molecule has 2 aromatic carbocycles. The number of sulfonamides is 1. The third-order valence-corrected chi connectivity index (χ3v) is 7.64. The molecule has 1 aromatic heterocycles. The summed E-state index contributed by atoms with van der Waals surface area (Å²) in [4.78, 5) is 26.1. The Bertz CT molecular complexity index is 1340. The van der Waals surface area contributed by atoms with Gasteiger partial charge in [0.1, 0.15) is 16.5 Å². The molecule has 3 aromatic rings. The third kappa shape index (κ3) is 3.93. The number of halogens is 2. The molecule has 0 unspecified atom stereocenters. The Kier molecular flexibility index (Phi) is 5.87. The van der Waals surface area contributed by atoms with E-state index in [0.29, 0.717) is 6.07 Å². The monoisotopic (exact) mass is 464 g/mol. The number of benzene rings is 2. The van der Waals surface area contributed by atoms with Crippen molar-refractivity contribution in [2.45, 2.75) is 17.9 Å². The van der Waals surface area contributed by atoms with Crippen molar-refractivity contribution in [2.75, 3.05) is 26.2 Å². The highest BCUT2D eigenvalue weighted by atomic mass is 32.2. The van der Waals surface area contributed by atoms with Gasteiger partial charge < -0.3 is 4.90 Å². The lowest BCUT2D eigenvalue weighted by Gasteiger charge is -2.34. The minimum Gasteiger partial charge on any atom is -0.340 e. The Morgan fingerprint density at radius 1 is 1.00 bits per heavy atom. The Balaban J connectivity index is 1.40. The maximum absolute atomic E-state index is 14.0. The molecule has 1 saturated heterocycles. The first-order valence-electron chi connectivity index (χ1n) is 10.1. The Morgan fingerprint density at radius 3 is 2.31 bits per heavy atom. The molecule has 170 valence electrons. The third-order valence-electron chi connectivity index (χ3n) is 5.70. The van der Waals surface area contributed by atoms with E-state index in [-0.39, 0.29) is 50.7 Å². The largest absolute Gasteiger partial charge is 0.340 e. The van der Waals surface area contributed by atoms with Crippen molar-refractivity contribution in [2.24, 2.45) is 7.05 Å². The van der Waals surface area contributed by atoms with Gasteiger partial charge in [0, 0.05) is 52.3 Å². The first kappa shape index (κ1) is 22.2. The van der Waals surface area contributed by atoms with E-state index >= 15 is 0 Å². The summed E-state index contributed by atoms with van der Waals surface area (Å²) < 4.78 is 56.6. The van der Waals surface area contributed by atoms with E-state index in [1.807, 2.05) is 24.3 Å². The Morgan fingerprint density at radius 2 is 1.66 bits per heavy atom. The van der Waals surface area contributed by atoms with Crippen LogP contribution in [-0.2, 0) is 28.4 Å². The number of hydrogen-bond donors (Lipinski definition) is 0. The van der Waals surface area contributed by atoms with E-state index in [0.717, 1.165) is 27.5 Å². The molecule has 0 aliphatic carbocycles. The molecule has 11 heteroatoms. The van der Waals surface area contributed by atoms with Crippen molar-refractivity contribution < 1.29 is 22.0 Å². The average Bonchev–Trinajstić information content (AvgIpc) is 3.02. The minimum absolute atomic E-state index is 0.000887. The number of carbonyl (C=O) groups excluding carboxylic acids is 1. The zero-order valence-electron chi connectivity index (χ0n) is 17.4. The summed E-state index contributed by atoms with van der Waals surface area (Å²) >= 11 is 0. The molecular formula is C21H22F2N4O4S. The van der Waals surface area contributed by atoms with E-state index in [1.54, 1.807) is 11.6 Å². The van der Waals surface area contributed by atoms with Crippen LogP contribution >= 0.6 is 0 Å². The number of rotatable bonds is 5. The molecule has 0 bridgehead atoms. The minimum atomic E-state index is -4.14. The van der Waals surface area contributed by atoms with Gasteiger partial charge in [-0.3, -0.25) is 13.9 Å². The van der Waals surface area contributed by atoms with Crippen molar-refractivity contribution in [3.8, 4) is 0 Å². The normalized spacial score (nSPS) is 15.4. The van der Waals surface area contributed by atoms with Crippen molar-refractivity contribution in [1.29, 1.82) is 0 Å². The second-order valence-corrected chi connectivity index (χ2v) is 9.50. The van der Waals surface area contributed by atoms with E-state index in [2.05, 4.69) is 0 Å². The van der Waals surface area contributed by atoms with Gasteiger partial charge in [0.25, 0.3) is 0 Å². The number of carbonyl (C=O) groups is 1. The second kappa shape index (κ2) is 8.47. The van der Waals surface area contributed by atoms with E-state index in [9.17, 15) is 26.8 Å². The van der Waals surface area contributed by atoms with Gasteiger partial charge in [0.2, 0.25) is 15.9 Å². The van der Waals surface area contributed by atoms with Crippen LogP contribution in [0.3, 0.4) is 0 Å². The summed E-state index contributed by atoms with van der Waals surface area (Å²) in [5.74, 6) is -2.21. The highest BCUT2D eigenvalue weighted by molar-refractivity contribution is 7.89. The highest BCUT2D eigenvalue weighted by Gasteiger charge is 2.32. The summed E-state index contributed by atoms with van der Waals surface area (Å²) in [6.45, 7) is 0.493. The molecule has 1 fully saturated rings. The number of hydrogen-bond acceptors (Lipinski definition) is 4. The van der Waals surface area contributed by atoms with Crippen molar-refractivity contribution in [3.63, 3.8) is 0 Å². The topological polar surface area (TPSA) is 84.6 Å². The summed E-state index contributed by atoms with van der Waals surface area (Å²) in [6.07, 6.45) is 0.0905. The zero-order chi connectivity index (χ0) is 23.0. The molecule has 0 radical (unpaired) electrons. The lowest BCUT2D eigenvalue weighted by atomic mass is 10.3. The summed E-state index contributed by atoms with van der Waals surface area (Å²) in [6, 6.07) is 9.64. The van der Waals surface area contributed by atoms with Gasteiger partial charge in [-0.05, 0) is 24.3 Å². The van der Waals surface area contributed by atoms with E-state index < -0.39 is 26.6 Å². The lowest BCUT2D eigenvalue weighted by molar-refractivity contribution is -0.132. The van der Waals surface area contributed by atoms with Gasteiger partial charge in [-0.15, -0.1) is 0 Å². The molecule has 2 heterocycles. The van der Waals surface area contributed by atoms with Gasteiger partial charge in [-0.25, -0.2) is 22.0 Å². The molecule has 8 nitrogen and oxygen atoms in total. The molecule has 1 aliphatic heterocycles. The van der Waals surface area contributed by atoms with Crippen molar-refractivity contribution in [1.82, 2.24) is 18.3 Å². The van der Waals surface area contributed by atoms with Crippen molar-refractivity contribution >= 4 is 27.0 Å². The maximum atomic E-state index is 14.0. The van der Waals surface area contributed by atoms with Crippen LogP contribution in [0.25, 0.3) is 11.0 Å². The quantitative estimate of drug-likeness (QED) is 0.574. The predicted molar refractivity (Wildman–Crippen MR) is 113 cm³/mol. The molecule has 0 atom stereocenters. The van der Waals surface area contributed by atoms with Gasteiger partial charge >= 0.3 is 5.69 Å². The number of aryl methyl sites for hydroxylation is 2. The van der Waals surface area contributed by atoms with Crippen LogP contribution in [0.4, 0.5) is 8.78 Å². The van der Waals surface area contributed by atoms with Crippen LogP contribution in [0.2, 0.25) is 0 Å². The van der Waals surface area contributed by atoms with Crippen LogP contribution in [0.5, 0.6) is 0 Å². The van der Waals surface area contributed by atoms with Gasteiger partial charge in [-0.2, -0.15) is 4.31 Å². The van der Waals surface area contributed by atoms with Gasteiger partial charge in [0.05, 0.1) is 11.0 Å². The van der Waals surface area contributed by atoms with Crippen LogP contribution in [0, 0.1) is 11.6 Å². The van der Waals surface area contributed by atoms with Gasteiger partial charge in [0.15, 0.2) is 0 Å². The van der Waals surface area contributed by atoms with Crippen LogP contribution in [0.1, 0.15) is 6.42 Å². The summed E-state index contributed by atoms with van der Waals surface area (Å²) in [7, 11) is -2.46. The number of aromatic nitrogens is 2. The number of nitrogens with zero attached hydrogens (tertiary/aromatic N) is 4. The average molecular weight is 464 g/mol. The fourth-order valence-electron chi connectivity index (χ4n) is 3.95. The highest BCUT2D eigenvalue weighted by Crippen LogP contribution is 2.22. The molecular weight excluding hydrogens is 442 g/mol. The standard InChI is InChI=1S/C21H22F2N4O4S/c1-24-17-4-2-3-5-18(17)27(21(24)29)9-8-20(28)25-10-12-26(13-11-25)32(30,31)19-7-6-15(22)14-16(19)23/h2-7,14H,8-13H2,1H3. The van der Waals surface area contributed by atoms with E-state index in [4.69, 9.17) is 0 Å². The Hall–Kier alpha value is -3.05. The van der Waals surface area contributed by atoms with Crippen LogP contribution in [-0.4, -0.2) is 58.8 Å². The second-order valence-electron chi connectivity index (χ2n) is 7.59. The molecule has 0 saturated carbocycles. The summed E-state index contributed by atoms with van der Waals surface area (Å²) in [5, 5.41) is 0. The zero-order valence-corrected chi connectivity index (χ0v) is 18.2. The van der Waals surface area contributed by atoms with Crippen molar-refractivity contribution in [3.05, 3.63) is 64.6 Å². The fraction of sp³-hybridized carbons (Fsp3) is 0.333. The SMILES string of the molecule is Cn1c(=O)n(CCC(=O)N2CCN(S(=O)(=O)c3ccc(F)cc3F)CC2)c2ccccc21. The number of fused-ring (bicyclic) bond motifs is 1. The number of para-hydroxylation sites is 2. The number of imidazole rings is 1. The molecule has 1 amide bonds. The fourth-order valence-corrected chi connectivity index (χ4v) is 5.41. The van der Waals surface area contributed by atoms with E-state index in [1.165, 1.54) is 9.47 Å². The van der Waals surface area contributed by atoms with Crippen LogP contribution < -0.4 is 5.69 Å². The van der Waals surface area contributed by atoms with Gasteiger partial charge in [-0.1, -0.05) is 12.1 Å². The maximum Gasteiger partial charge on any atom is 0.328 e. The predicted octanol–water partition coefficient (Wildman–Crippen LogP) is 1.54. The lowest BCUT2D eigenvalue weighted by Crippen LogP contribution is -2.50. The summed E-state index contributed by atoms with van der Waals surface area (Å²) in [5.41, 5.74) is 1.30. The van der Waals surface area contributed by atoms with Crippen LogP contribution in [0.15, 0.2) is 52.2 Å². The first-order valence-corrected chi connectivity index (χ1v) is 11.5. The number of amides is 1. The molecule has 0 spiro atoms. The first-order chi connectivity index (χ1) is 15.2. The Labute approximate surface area is 183 Å². The molecule has 4 rings (SSSR count). The molecule has 0 N–H and O–H groups in total. The smallest absolute Gasteiger partial charge is 0.328 e.